The summed E-state index contributed by atoms with van der Waals surface area (Å²) in [4.78, 5) is 11.4. The highest BCUT2D eigenvalue weighted by Gasteiger charge is 2.29. The first-order chi connectivity index (χ1) is 9.01. The summed E-state index contributed by atoms with van der Waals surface area (Å²) in [5.41, 5.74) is 0. The smallest absolute Gasteiger partial charge is 0.279 e. The Labute approximate surface area is 116 Å². The molecule has 1 fully saturated rings. The molecule has 0 heterocycles. The lowest BCUT2D eigenvalue weighted by Crippen LogP contribution is -2.44. The molecule has 1 aliphatic rings. The minimum Gasteiger partial charge on any atom is -0.355 e. The fourth-order valence-electron chi connectivity index (χ4n) is 1.80. The van der Waals surface area contributed by atoms with Gasteiger partial charge in [0.15, 0.2) is 0 Å². The van der Waals surface area contributed by atoms with E-state index in [2.05, 4.69) is 10.0 Å². The molecule has 6 nitrogen and oxygen atoms in total. The van der Waals surface area contributed by atoms with Crippen molar-refractivity contribution in [1.29, 1.82) is 0 Å². The Balaban J connectivity index is 2.29. The van der Waals surface area contributed by atoms with Crippen LogP contribution in [0.3, 0.4) is 0 Å². The summed E-state index contributed by atoms with van der Waals surface area (Å²) in [7, 11) is -3.42. The van der Waals surface area contributed by atoms with Crippen LogP contribution in [0.1, 0.15) is 39.5 Å². The zero-order valence-corrected chi connectivity index (χ0v) is 12.6. The zero-order valence-electron chi connectivity index (χ0n) is 11.8. The highest BCUT2D eigenvalue weighted by Crippen LogP contribution is 2.28. The number of amides is 1. The van der Waals surface area contributed by atoms with Crippen molar-refractivity contribution in [3.8, 4) is 0 Å². The third-order valence-corrected chi connectivity index (χ3v) is 4.56. The second kappa shape index (κ2) is 7.81. The van der Waals surface area contributed by atoms with Crippen LogP contribution in [0.2, 0.25) is 0 Å². The van der Waals surface area contributed by atoms with Gasteiger partial charge in [0, 0.05) is 32.1 Å². The molecule has 2 N–H and O–H groups in total. The highest BCUT2D eigenvalue weighted by atomic mass is 32.2. The van der Waals surface area contributed by atoms with Crippen LogP contribution in [0.15, 0.2) is 0 Å². The second-order valence-electron chi connectivity index (χ2n) is 4.86. The molecule has 1 rings (SSSR count). The van der Waals surface area contributed by atoms with E-state index in [9.17, 15) is 13.2 Å². The lowest BCUT2D eigenvalue weighted by Gasteiger charge is -2.21. The van der Waals surface area contributed by atoms with Gasteiger partial charge < -0.3 is 5.32 Å². The molecule has 0 aromatic carbocycles. The summed E-state index contributed by atoms with van der Waals surface area (Å²) in [6.07, 6.45) is 3.50. The standard InChI is InChI=1S/C12H25N3O3S/c1-3-9-15(10-4-2)19(17,18)14-8-7-13-12(16)11-5-6-11/h11,14H,3-10H2,1-2H3,(H,13,16). The van der Waals surface area contributed by atoms with Gasteiger partial charge in [0.2, 0.25) is 5.91 Å². The third kappa shape index (κ3) is 5.88. The van der Waals surface area contributed by atoms with Crippen molar-refractivity contribution in [2.75, 3.05) is 26.2 Å². The predicted molar refractivity (Wildman–Crippen MR) is 74.8 cm³/mol. The number of nitrogens with one attached hydrogen (secondary N) is 2. The average Bonchev–Trinajstić information content (AvgIpc) is 3.18. The summed E-state index contributed by atoms with van der Waals surface area (Å²) >= 11 is 0. The van der Waals surface area contributed by atoms with Crippen molar-refractivity contribution < 1.29 is 13.2 Å². The van der Waals surface area contributed by atoms with E-state index in [1.165, 1.54) is 4.31 Å². The Hall–Kier alpha value is -0.660. The van der Waals surface area contributed by atoms with Crippen molar-refractivity contribution in [2.24, 2.45) is 5.92 Å². The first-order valence-corrected chi connectivity index (χ1v) is 8.47. The van der Waals surface area contributed by atoms with E-state index in [1.807, 2.05) is 13.8 Å². The van der Waals surface area contributed by atoms with Gasteiger partial charge in [-0.3, -0.25) is 4.79 Å². The monoisotopic (exact) mass is 291 g/mol. The number of carbonyl (C=O) groups excluding carboxylic acids is 1. The molecule has 0 atom stereocenters. The van der Waals surface area contributed by atoms with Gasteiger partial charge >= 0.3 is 0 Å². The molecule has 1 saturated carbocycles. The minimum atomic E-state index is -3.42. The molecule has 0 unspecified atom stereocenters. The topological polar surface area (TPSA) is 78.5 Å². The summed E-state index contributed by atoms with van der Waals surface area (Å²) in [6.45, 7) is 5.54. The molecule has 0 saturated heterocycles. The van der Waals surface area contributed by atoms with Crippen molar-refractivity contribution in [3.05, 3.63) is 0 Å². The number of carbonyl (C=O) groups is 1. The number of hydrogen-bond donors (Lipinski definition) is 2. The first kappa shape index (κ1) is 16.4. The van der Waals surface area contributed by atoms with Gasteiger partial charge in [-0.05, 0) is 25.7 Å². The van der Waals surface area contributed by atoms with Gasteiger partial charge in [-0.1, -0.05) is 13.8 Å². The fraction of sp³-hybridized carbons (Fsp3) is 0.917. The van der Waals surface area contributed by atoms with Crippen molar-refractivity contribution in [2.45, 2.75) is 39.5 Å². The van der Waals surface area contributed by atoms with E-state index in [4.69, 9.17) is 0 Å². The van der Waals surface area contributed by atoms with Crippen molar-refractivity contribution in [3.63, 3.8) is 0 Å². The molecule has 112 valence electrons. The summed E-state index contributed by atoms with van der Waals surface area (Å²) in [5.74, 6) is 0.200. The summed E-state index contributed by atoms with van der Waals surface area (Å²) in [5, 5.41) is 2.74. The second-order valence-corrected chi connectivity index (χ2v) is 6.62. The maximum atomic E-state index is 12.0. The van der Waals surface area contributed by atoms with Crippen LogP contribution >= 0.6 is 0 Å². The zero-order chi connectivity index (χ0) is 14.3. The number of hydrogen-bond acceptors (Lipinski definition) is 3. The Kier molecular flexibility index (Phi) is 6.74. The molecule has 0 aromatic rings. The fourth-order valence-corrected chi connectivity index (χ4v) is 3.19. The van der Waals surface area contributed by atoms with Gasteiger partial charge in [-0.25, -0.2) is 4.72 Å². The highest BCUT2D eigenvalue weighted by molar-refractivity contribution is 7.87. The van der Waals surface area contributed by atoms with E-state index in [-0.39, 0.29) is 18.4 Å². The van der Waals surface area contributed by atoms with Gasteiger partial charge in [0.05, 0.1) is 0 Å². The Bertz CT molecular complexity index is 374. The summed E-state index contributed by atoms with van der Waals surface area (Å²) < 4.78 is 28.0. The minimum absolute atomic E-state index is 0.0400. The van der Waals surface area contributed by atoms with E-state index < -0.39 is 10.2 Å². The Morgan fingerprint density at radius 2 is 1.74 bits per heavy atom. The van der Waals surface area contributed by atoms with Crippen LogP contribution in [0.25, 0.3) is 0 Å². The van der Waals surface area contributed by atoms with Gasteiger partial charge in [0.1, 0.15) is 0 Å². The first-order valence-electron chi connectivity index (χ1n) is 7.03. The molecular weight excluding hydrogens is 266 g/mol. The largest absolute Gasteiger partial charge is 0.355 e. The molecule has 0 radical (unpaired) electrons. The molecule has 1 amide bonds. The van der Waals surface area contributed by atoms with E-state index >= 15 is 0 Å². The van der Waals surface area contributed by atoms with Crippen LogP contribution in [0, 0.1) is 5.92 Å². The average molecular weight is 291 g/mol. The number of nitrogens with zero attached hydrogens (tertiary/aromatic N) is 1. The Morgan fingerprint density at radius 1 is 1.16 bits per heavy atom. The van der Waals surface area contributed by atoms with Crippen LogP contribution in [0.4, 0.5) is 0 Å². The van der Waals surface area contributed by atoms with Gasteiger partial charge in [-0.2, -0.15) is 12.7 Å². The van der Waals surface area contributed by atoms with Crippen LogP contribution in [0.5, 0.6) is 0 Å². The van der Waals surface area contributed by atoms with Crippen LogP contribution < -0.4 is 10.0 Å². The SMILES string of the molecule is CCCN(CCC)S(=O)(=O)NCCNC(=O)C1CC1. The van der Waals surface area contributed by atoms with Gasteiger partial charge in [0.25, 0.3) is 10.2 Å². The third-order valence-electron chi connectivity index (χ3n) is 2.94. The quantitative estimate of drug-likeness (QED) is 0.574. The van der Waals surface area contributed by atoms with Crippen LogP contribution in [-0.4, -0.2) is 44.8 Å². The van der Waals surface area contributed by atoms with Crippen molar-refractivity contribution in [1.82, 2.24) is 14.3 Å². The van der Waals surface area contributed by atoms with Crippen molar-refractivity contribution >= 4 is 16.1 Å². The van der Waals surface area contributed by atoms with E-state index in [0.717, 1.165) is 25.7 Å². The lowest BCUT2D eigenvalue weighted by molar-refractivity contribution is -0.122. The molecular formula is C12H25N3O3S. The number of rotatable bonds is 10. The molecule has 0 aliphatic heterocycles. The van der Waals surface area contributed by atoms with E-state index in [0.29, 0.717) is 19.6 Å². The molecule has 1 aliphatic carbocycles. The molecule has 0 spiro atoms. The van der Waals surface area contributed by atoms with Gasteiger partial charge in [-0.15, -0.1) is 0 Å². The van der Waals surface area contributed by atoms with Crippen LogP contribution in [-0.2, 0) is 15.0 Å². The molecule has 19 heavy (non-hydrogen) atoms. The maximum absolute atomic E-state index is 12.0. The molecule has 0 aromatic heterocycles. The Morgan fingerprint density at radius 3 is 2.21 bits per heavy atom. The lowest BCUT2D eigenvalue weighted by atomic mass is 10.4. The van der Waals surface area contributed by atoms with E-state index in [1.54, 1.807) is 0 Å². The molecule has 0 bridgehead atoms. The predicted octanol–water partition coefficient (Wildman–Crippen LogP) is 0.469. The normalized spacial score (nSPS) is 15.7. The molecule has 7 heteroatoms. The maximum Gasteiger partial charge on any atom is 0.279 e. The summed E-state index contributed by atoms with van der Waals surface area (Å²) in [6, 6.07) is 0.